The Balaban J connectivity index is 1.79. The van der Waals surface area contributed by atoms with E-state index in [1.165, 1.54) is 0 Å². The number of hydrogen-bond acceptors (Lipinski definition) is 2. The first-order valence-corrected chi connectivity index (χ1v) is 5.62. The van der Waals surface area contributed by atoms with Gasteiger partial charge in [0.1, 0.15) is 0 Å². The minimum Gasteiger partial charge on any atom is -0.324 e. The predicted octanol–water partition coefficient (Wildman–Crippen LogP) is 1.01. The summed E-state index contributed by atoms with van der Waals surface area (Å²) < 4.78 is 0. The normalized spacial score (nSPS) is 20.8. The van der Waals surface area contributed by atoms with Crippen molar-refractivity contribution in [3.8, 4) is 0 Å². The molecule has 0 aromatic heterocycles. The summed E-state index contributed by atoms with van der Waals surface area (Å²) in [6.45, 7) is 3.11. The van der Waals surface area contributed by atoms with Gasteiger partial charge in [-0.3, -0.25) is 5.32 Å². The zero-order valence-electron chi connectivity index (χ0n) is 8.87. The molecule has 0 saturated carbocycles. The lowest BCUT2D eigenvalue weighted by Crippen LogP contribution is -2.46. The number of imide groups is 1. The maximum absolute atomic E-state index is 11.6. The Morgan fingerprint density at radius 2 is 1.07 bits per heavy atom. The molecule has 2 aliphatic rings. The molecular formula is C10H17N3O2. The van der Waals surface area contributed by atoms with Crippen LogP contribution in [-0.2, 0) is 0 Å². The minimum atomic E-state index is -0.232. The zero-order valence-corrected chi connectivity index (χ0v) is 8.87. The van der Waals surface area contributed by atoms with Crippen LogP contribution in [0.4, 0.5) is 9.59 Å². The fraction of sp³-hybridized carbons (Fsp3) is 0.800. The molecule has 0 radical (unpaired) electrons. The van der Waals surface area contributed by atoms with Gasteiger partial charge in [0, 0.05) is 26.2 Å². The molecular weight excluding hydrogens is 194 g/mol. The summed E-state index contributed by atoms with van der Waals surface area (Å²) in [5.41, 5.74) is 0. The largest absolute Gasteiger partial charge is 0.325 e. The second-order valence-electron chi connectivity index (χ2n) is 4.12. The number of carbonyl (C=O) groups excluding carboxylic acids is 2. The number of carbonyl (C=O) groups is 2. The number of hydrogen-bond donors (Lipinski definition) is 1. The molecule has 1 N–H and O–H groups in total. The van der Waals surface area contributed by atoms with Gasteiger partial charge in [-0.1, -0.05) is 0 Å². The first kappa shape index (κ1) is 10.3. The molecule has 0 aromatic rings. The summed E-state index contributed by atoms with van der Waals surface area (Å²) in [6, 6.07) is -0.464. The molecule has 84 valence electrons. The number of amides is 4. The zero-order chi connectivity index (χ0) is 10.7. The van der Waals surface area contributed by atoms with Crippen LogP contribution in [0.25, 0.3) is 0 Å². The SMILES string of the molecule is O=C(NC(=O)N1CCCC1)N1CCCC1. The van der Waals surface area contributed by atoms with E-state index in [1.807, 2.05) is 0 Å². The monoisotopic (exact) mass is 211 g/mol. The van der Waals surface area contributed by atoms with E-state index in [2.05, 4.69) is 5.32 Å². The van der Waals surface area contributed by atoms with Gasteiger partial charge >= 0.3 is 12.1 Å². The van der Waals surface area contributed by atoms with Crippen LogP contribution < -0.4 is 5.32 Å². The number of urea groups is 2. The molecule has 0 atom stereocenters. The summed E-state index contributed by atoms with van der Waals surface area (Å²) in [5.74, 6) is 0. The summed E-state index contributed by atoms with van der Waals surface area (Å²) in [6.07, 6.45) is 4.19. The second kappa shape index (κ2) is 4.51. The van der Waals surface area contributed by atoms with Gasteiger partial charge < -0.3 is 9.80 Å². The number of rotatable bonds is 0. The number of nitrogens with zero attached hydrogens (tertiary/aromatic N) is 2. The van der Waals surface area contributed by atoms with Crippen molar-refractivity contribution in [2.24, 2.45) is 0 Å². The van der Waals surface area contributed by atoms with Gasteiger partial charge in [0.2, 0.25) is 0 Å². The molecule has 2 saturated heterocycles. The molecule has 2 fully saturated rings. The third kappa shape index (κ3) is 2.40. The third-order valence-electron chi connectivity index (χ3n) is 3.00. The van der Waals surface area contributed by atoms with E-state index in [1.54, 1.807) is 9.80 Å². The smallest absolute Gasteiger partial charge is 0.324 e. The Labute approximate surface area is 89.4 Å². The van der Waals surface area contributed by atoms with Gasteiger partial charge in [0.05, 0.1) is 0 Å². The van der Waals surface area contributed by atoms with Crippen LogP contribution in [0.1, 0.15) is 25.7 Å². The predicted molar refractivity (Wildman–Crippen MR) is 55.5 cm³/mol. The fourth-order valence-corrected chi connectivity index (χ4v) is 2.09. The van der Waals surface area contributed by atoms with E-state index < -0.39 is 0 Å². The first-order valence-electron chi connectivity index (χ1n) is 5.62. The Hall–Kier alpha value is -1.26. The lowest BCUT2D eigenvalue weighted by molar-refractivity contribution is 0.191. The Bertz CT molecular complexity index is 229. The average Bonchev–Trinajstić information content (AvgIpc) is 2.91. The van der Waals surface area contributed by atoms with Crippen LogP contribution in [0.5, 0.6) is 0 Å². The van der Waals surface area contributed by atoms with Gasteiger partial charge in [0.15, 0.2) is 0 Å². The van der Waals surface area contributed by atoms with Crippen molar-refractivity contribution in [2.75, 3.05) is 26.2 Å². The molecule has 2 rings (SSSR count). The molecule has 4 amide bonds. The Morgan fingerprint density at radius 3 is 1.40 bits per heavy atom. The number of likely N-dealkylation sites (tertiary alicyclic amines) is 2. The summed E-state index contributed by atoms with van der Waals surface area (Å²) >= 11 is 0. The van der Waals surface area contributed by atoms with Crippen molar-refractivity contribution in [1.82, 2.24) is 15.1 Å². The topological polar surface area (TPSA) is 52.7 Å². The molecule has 0 unspecified atom stereocenters. The molecule has 2 aliphatic heterocycles. The summed E-state index contributed by atoms with van der Waals surface area (Å²) in [5, 5.41) is 2.44. The lowest BCUT2D eigenvalue weighted by Gasteiger charge is -2.19. The summed E-state index contributed by atoms with van der Waals surface area (Å²) in [4.78, 5) is 26.6. The fourth-order valence-electron chi connectivity index (χ4n) is 2.09. The maximum Gasteiger partial charge on any atom is 0.325 e. The summed E-state index contributed by atoms with van der Waals surface area (Å²) in [7, 11) is 0. The van der Waals surface area contributed by atoms with Crippen molar-refractivity contribution in [3.05, 3.63) is 0 Å². The highest BCUT2D eigenvalue weighted by Gasteiger charge is 2.23. The highest BCUT2D eigenvalue weighted by molar-refractivity contribution is 5.93. The first-order chi connectivity index (χ1) is 7.27. The van der Waals surface area contributed by atoms with Gasteiger partial charge in [-0.15, -0.1) is 0 Å². The van der Waals surface area contributed by atoms with Crippen LogP contribution in [0, 0.1) is 0 Å². The average molecular weight is 211 g/mol. The van der Waals surface area contributed by atoms with Crippen LogP contribution in [0.2, 0.25) is 0 Å². The van der Waals surface area contributed by atoms with Gasteiger partial charge in [-0.25, -0.2) is 9.59 Å². The molecule has 0 aromatic carbocycles. The maximum atomic E-state index is 11.6. The van der Waals surface area contributed by atoms with E-state index in [9.17, 15) is 9.59 Å². The highest BCUT2D eigenvalue weighted by atomic mass is 16.2. The molecule has 0 bridgehead atoms. The van der Waals surface area contributed by atoms with Crippen molar-refractivity contribution >= 4 is 12.1 Å². The third-order valence-corrected chi connectivity index (χ3v) is 3.00. The van der Waals surface area contributed by atoms with E-state index in [0.717, 1.165) is 51.9 Å². The molecule has 5 heteroatoms. The highest BCUT2D eigenvalue weighted by Crippen LogP contribution is 2.09. The second-order valence-corrected chi connectivity index (χ2v) is 4.12. The minimum absolute atomic E-state index is 0.232. The molecule has 0 aliphatic carbocycles. The van der Waals surface area contributed by atoms with Crippen LogP contribution >= 0.6 is 0 Å². The van der Waals surface area contributed by atoms with Crippen molar-refractivity contribution in [2.45, 2.75) is 25.7 Å². The van der Waals surface area contributed by atoms with Gasteiger partial charge in [-0.2, -0.15) is 0 Å². The van der Waals surface area contributed by atoms with E-state index in [4.69, 9.17) is 0 Å². The molecule has 15 heavy (non-hydrogen) atoms. The van der Waals surface area contributed by atoms with Crippen LogP contribution in [0.3, 0.4) is 0 Å². The van der Waals surface area contributed by atoms with Crippen LogP contribution in [0.15, 0.2) is 0 Å². The molecule has 2 heterocycles. The van der Waals surface area contributed by atoms with Crippen molar-refractivity contribution < 1.29 is 9.59 Å². The quantitative estimate of drug-likeness (QED) is 0.650. The van der Waals surface area contributed by atoms with Gasteiger partial charge in [0.25, 0.3) is 0 Å². The lowest BCUT2D eigenvalue weighted by atomic mass is 10.4. The van der Waals surface area contributed by atoms with Crippen LogP contribution in [-0.4, -0.2) is 48.0 Å². The standard InChI is InChI=1S/C10H17N3O2/c14-9(12-5-1-2-6-12)11-10(15)13-7-3-4-8-13/h1-8H2,(H,11,14,15). The van der Waals surface area contributed by atoms with E-state index in [-0.39, 0.29) is 12.1 Å². The van der Waals surface area contributed by atoms with Gasteiger partial charge in [-0.05, 0) is 25.7 Å². The Kier molecular flexibility index (Phi) is 3.08. The van der Waals surface area contributed by atoms with E-state index >= 15 is 0 Å². The number of nitrogens with one attached hydrogen (secondary N) is 1. The van der Waals surface area contributed by atoms with Crippen molar-refractivity contribution in [1.29, 1.82) is 0 Å². The van der Waals surface area contributed by atoms with Crippen molar-refractivity contribution in [3.63, 3.8) is 0 Å². The molecule has 0 spiro atoms. The Morgan fingerprint density at radius 1 is 0.733 bits per heavy atom. The van der Waals surface area contributed by atoms with E-state index in [0.29, 0.717) is 0 Å². The molecule has 5 nitrogen and oxygen atoms in total.